The van der Waals surface area contributed by atoms with E-state index in [1.54, 1.807) is 18.2 Å². The van der Waals surface area contributed by atoms with E-state index >= 15 is 0 Å². The lowest BCUT2D eigenvalue weighted by Gasteiger charge is -2.22. The van der Waals surface area contributed by atoms with Gasteiger partial charge in [-0.25, -0.2) is 4.79 Å². The van der Waals surface area contributed by atoms with Gasteiger partial charge in [0.1, 0.15) is 11.1 Å². The van der Waals surface area contributed by atoms with E-state index in [-0.39, 0.29) is 29.9 Å². The van der Waals surface area contributed by atoms with Gasteiger partial charge in [0.15, 0.2) is 5.78 Å². The number of para-hydroxylation sites is 1. The molecule has 0 fully saturated rings. The molecule has 0 saturated carbocycles. The van der Waals surface area contributed by atoms with E-state index in [2.05, 4.69) is 19.2 Å². The smallest absolute Gasteiger partial charge is 0.347 e. The van der Waals surface area contributed by atoms with Crippen LogP contribution in [0.5, 0.6) is 0 Å². The second-order valence-electron chi connectivity index (χ2n) is 6.55. The van der Waals surface area contributed by atoms with Crippen molar-refractivity contribution in [1.29, 1.82) is 0 Å². The maximum atomic E-state index is 12.9. The Balaban J connectivity index is 1.90. The molecule has 0 spiro atoms. The summed E-state index contributed by atoms with van der Waals surface area (Å²) >= 11 is 0. The number of benzene rings is 2. The van der Waals surface area contributed by atoms with Gasteiger partial charge in [-0.15, -0.1) is 0 Å². The monoisotopic (exact) mass is 349 g/mol. The molecule has 0 amide bonds. The fourth-order valence-electron chi connectivity index (χ4n) is 2.97. The van der Waals surface area contributed by atoms with Gasteiger partial charge in [-0.05, 0) is 31.0 Å². The first-order chi connectivity index (χ1) is 12.6. The van der Waals surface area contributed by atoms with Crippen LogP contribution in [0.4, 0.5) is 0 Å². The molecule has 0 radical (unpaired) electrons. The summed E-state index contributed by atoms with van der Waals surface area (Å²) in [7, 11) is 0. The predicted molar refractivity (Wildman–Crippen MR) is 104 cm³/mol. The molecule has 4 nitrogen and oxygen atoms in total. The summed E-state index contributed by atoms with van der Waals surface area (Å²) in [5.41, 5.74) is 1.05. The lowest BCUT2D eigenvalue weighted by atomic mass is 9.97. The number of fused-ring (bicyclic) bond motifs is 1. The molecule has 0 aliphatic carbocycles. The predicted octanol–water partition coefficient (Wildman–Crippen LogP) is 4.50. The summed E-state index contributed by atoms with van der Waals surface area (Å²) < 4.78 is 5.31. The van der Waals surface area contributed by atoms with Crippen LogP contribution in [-0.2, 0) is 0 Å². The van der Waals surface area contributed by atoms with E-state index in [1.165, 1.54) is 0 Å². The van der Waals surface area contributed by atoms with Gasteiger partial charge in [0.25, 0.3) is 0 Å². The van der Waals surface area contributed by atoms with Crippen molar-refractivity contribution in [2.45, 2.75) is 38.8 Å². The number of Topliss-reactive ketones (excluding diaryl/α,β-unsaturated/α-hetero) is 1. The number of rotatable bonds is 7. The SMILES string of the molecule is CC[C@@H](C)N[C@@H](CC(=O)c1cc2ccccc2oc1=O)c1ccccc1. The Hall–Kier alpha value is -2.72. The minimum absolute atomic E-state index is 0.107. The summed E-state index contributed by atoms with van der Waals surface area (Å²) in [6.07, 6.45) is 1.16. The molecule has 1 heterocycles. The summed E-state index contributed by atoms with van der Waals surface area (Å²) in [5, 5.41) is 4.24. The van der Waals surface area contributed by atoms with Crippen LogP contribution in [-0.4, -0.2) is 11.8 Å². The lowest BCUT2D eigenvalue weighted by molar-refractivity contribution is 0.0963. The standard InChI is InChI=1S/C22H23NO3/c1-3-15(2)23-19(16-9-5-4-6-10-16)14-20(24)18-13-17-11-7-8-12-21(17)26-22(18)25/h4-13,15,19,23H,3,14H2,1-2H3/t15-,19+/m1/s1. The summed E-state index contributed by atoms with van der Waals surface area (Å²) in [5.74, 6) is -0.214. The fourth-order valence-corrected chi connectivity index (χ4v) is 2.97. The molecular formula is C22H23NO3. The Labute approximate surface area is 152 Å². The zero-order valence-corrected chi connectivity index (χ0v) is 15.1. The molecule has 26 heavy (non-hydrogen) atoms. The van der Waals surface area contributed by atoms with Crippen LogP contribution >= 0.6 is 0 Å². The van der Waals surface area contributed by atoms with Gasteiger partial charge in [-0.1, -0.05) is 55.5 Å². The van der Waals surface area contributed by atoms with E-state index in [1.807, 2.05) is 42.5 Å². The largest absolute Gasteiger partial charge is 0.422 e. The van der Waals surface area contributed by atoms with E-state index in [0.29, 0.717) is 5.58 Å². The summed E-state index contributed by atoms with van der Waals surface area (Å²) in [4.78, 5) is 25.1. The van der Waals surface area contributed by atoms with Gasteiger partial charge < -0.3 is 9.73 Å². The maximum Gasteiger partial charge on any atom is 0.347 e. The first-order valence-electron chi connectivity index (χ1n) is 8.95. The van der Waals surface area contributed by atoms with Gasteiger partial charge in [0.05, 0.1) is 0 Å². The Kier molecular flexibility index (Phi) is 5.64. The average Bonchev–Trinajstić information content (AvgIpc) is 2.67. The first kappa shape index (κ1) is 18.1. The topological polar surface area (TPSA) is 59.3 Å². The minimum atomic E-state index is -0.580. The third kappa shape index (κ3) is 4.09. The molecule has 0 saturated heterocycles. The number of nitrogens with one attached hydrogen (secondary N) is 1. The third-order valence-corrected chi connectivity index (χ3v) is 4.63. The lowest BCUT2D eigenvalue weighted by Crippen LogP contribution is -2.32. The van der Waals surface area contributed by atoms with Crippen molar-refractivity contribution < 1.29 is 9.21 Å². The van der Waals surface area contributed by atoms with Crippen LogP contribution in [0.15, 0.2) is 69.9 Å². The molecule has 3 aromatic rings. The Morgan fingerprint density at radius 3 is 2.50 bits per heavy atom. The van der Waals surface area contributed by atoms with Crippen molar-refractivity contribution in [1.82, 2.24) is 5.32 Å². The quantitative estimate of drug-likeness (QED) is 0.504. The molecule has 1 N–H and O–H groups in total. The van der Waals surface area contributed by atoms with Crippen LogP contribution in [0.1, 0.15) is 48.7 Å². The minimum Gasteiger partial charge on any atom is -0.422 e. The Morgan fingerprint density at radius 2 is 1.77 bits per heavy atom. The number of carbonyl (C=O) groups is 1. The summed E-state index contributed by atoms with van der Waals surface area (Å²) in [6, 6.07) is 18.8. The van der Waals surface area contributed by atoms with Crippen molar-refractivity contribution in [2.24, 2.45) is 0 Å². The highest BCUT2D eigenvalue weighted by atomic mass is 16.4. The Morgan fingerprint density at radius 1 is 1.08 bits per heavy atom. The van der Waals surface area contributed by atoms with E-state index in [0.717, 1.165) is 17.4 Å². The average molecular weight is 349 g/mol. The van der Waals surface area contributed by atoms with Crippen molar-refractivity contribution in [3.8, 4) is 0 Å². The molecule has 2 aromatic carbocycles. The van der Waals surface area contributed by atoms with Crippen LogP contribution in [0.3, 0.4) is 0 Å². The van der Waals surface area contributed by atoms with Crippen molar-refractivity contribution in [3.63, 3.8) is 0 Å². The third-order valence-electron chi connectivity index (χ3n) is 4.63. The van der Waals surface area contributed by atoms with Crippen molar-refractivity contribution in [2.75, 3.05) is 0 Å². The van der Waals surface area contributed by atoms with Gasteiger partial charge in [-0.3, -0.25) is 4.79 Å². The van der Waals surface area contributed by atoms with Crippen LogP contribution < -0.4 is 10.9 Å². The molecule has 2 atom stereocenters. The van der Waals surface area contributed by atoms with Gasteiger partial charge >= 0.3 is 5.63 Å². The number of carbonyl (C=O) groups excluding carboxylic acids is 1. The van der Waals surface area contributed by atoms with Crippen LogP contribution in [0, 0.1) is 0 Å². The van der Waals surface area contributed by atoms with E-state index in [4.69, 9.17) is 4.42 Å². The number of hydrogen-bond donors (Lipinski definition) is 1. The highest BCUT2D eigenvalue weighted by Gasteiger charge is 2.21. The van der Waals surface area contributed by atoms with E-state index < -0.39 is 5.63 Å². The summed E-state index contributed by atoms with van der Waals surface area (Å²) in [6.45, 7) is 4.18. The highest BCUT2D eigenvalue weighted by molar-refractivity contribution is 5.98. The molecule has 0 unspecified atom stereocenters. The number of hydrogen-bond acceptors (Lipinski definition) is 4. The molecule has 1 aromatic heterocycles. The molecule has 3 rings (SSSR count). The molecule has 134 valence electrons. The van der Waals surface area contributed by atoms with Gasteiger partial charge in [-0.2, -0.15) is 0 Å². The Bertz CT molecular complexity index is 946. The van der Waals surface area contributed by atoms with Crippen LogP contribution in [0.25, 0.3) is 11.0 Å². The fraction of sp³-hybridized carbons (Fsp3) is 0.273. The second-order valence-corrected chi connectivity index (χ2v) is 6.55. The molecule has 4 heteroatoms. The number of ketones is 1. The van der Waals surface area contributed by atoms with Gasteiger partial charge in [0, 0.05) is 23.9 Å². The molecule has 0 bridgehead atoms. The maximum absolute atomic E-state index is 12.9. The van der Waals surface area contributed by atoms with Crippen LogP contribution in [0.2, 0.25) is 0 Å². The molecular weight excluding hydrogens is 326 g/mol. The zero-order chi connectivity index (χ0) is 18.5. The zero-order valence-electron chi connectivity index (χ0n) is 15.1. The van der Waals surface area contributed by atoms with Crippen molar-refractivity contribution >= 4 is 16.8 Å². The molecule has 0 aliphatic heterocycles. The second kappa shape index (κ2) is 8.11. The first-order valence-corrected chi connectivity index (χ1v) is 8.95. The van der Waals surface area contributed by atoms with Crippen molar-refractivity contribution in [3.05, 3.63) is 82.2 Å². The molecule has 0 aliphatic rings. The highest BCUT2D eigenvalue weighted by Crippen LogP contribution is 2.21. The van der Waals surface area contributed by atoms with Gasteiger partial charge in [0.2, 0.25) is 0 Å². The normalized spacial score (nSPS) is 13.5. The van der Waals surface area contributed by atoms with E-state index in [9.17, 15) is 9.59 Å².